The van der Waals surface area contributed by atoms with Crippen LogP contribution in [0.2, 0.25) is 0 Å². The van der Waals surface area contributed by atoms with E-state index < -0.39 is 0 Å². The van der Waals surface area contributed by atoms with E-state index in [1.54, 1.807) is 36.1 Å². The molecular weight excluding hydrogens is 1240 g/mol. The number of carbonyl (C=O) groups excluding carboxylic acids is 3. The maximum Gasteiger partial charge on any atom is 0.410 e. The standard InChI is InChI=1S/C24H34N2O2.C23H30N2O.C22H30N2O.C21H27N.2H2/c1-17(2)28-23(27)26-19-7-8-20(26)16-21(15-19)25-13-11-24(12-14-25)10-9-18-5-3-4-6-22(18)24;1-16(26)24-22-14-23(21-5-3-2-4-20(21)22)8-10-25(11-9-23)15-19-13-17-6-7-18(19)12-17;1-15(25)23-20-14-22(19-5-3-2-4-18(19)20)8-10-24(11-9-22)21-13-16-6-7-17(21)12-16;1-2-4-20-17(3-1)7-8-21(20)9-11-22(12-10-21)15-19-14-16-5-6-18(19)13-16;;/h3-6,17,19-21H,7-16H2,1-2H3;2-7,17-19,22H,8-15H2,1H3,(H,24,26);2-5,16-17,20-21H,6-14H2,1H3,(H,23,25);1-6,16,18-19H,7-15H2;2*1H/t;;;16-,18-,19-;;/m...0../s1. The van der Waals surface area contributed by atoms with Gasteiger partial charge >= 0.3 is 6.09 Å². The summed E-state index contributed by atoms with van der Waals surface area (Å²) in [6.07, 6.45) is 43.9. The summed E-state index contributed by atoms with van der Waals surface area (Å²) in [6.45, 7) is 19.8. The average molecular weight is 1370 g/mol. The molecule has 10 unspecified atom stereocenters. The van der Waals surface area contributed by atoms with Crippen molar-refractivity contribution in [1.29, 1.82) is 0 Å². The highest BCUT2D eigenvalue weighted by Crippen LogP contribution is 2.56. The quantitative estimate of drug-likeness (QED) is 0.160. The molecule has 3 amide bonds. The first kappa shape index (κ1) is 68.5. The molecule has 0 aromatic heterocycles. The normalized spacial score (nSPS) is 34.1. The van der Waals surface area contributed by atoms with Crippen LogP contribution < -0.4 is 10.6 Å². The summed E-state index contributed by atoms with van der Waals surface area (Å²) in [5.41, 5.74) is 13.8. The lowest BCUT2D eigenvalue weighted by Crippen LogP contribution is -2.55. The van der Waals surface area contributed by atoms with Gasteiger partial charge in [0, 0.05) is 64.8 Å². The number of fused-ring (bicyclic) bond motifs is 16. The third-order valence-corrected chi connectivity index (χ3v) is 30.6. The number of hydrogen-bond donors (Lipinski definition) is 2. The van der Waals surface area contributed by atoms with E-state index in [1.165, 1.54) is 216 Å². The van der Waals surface area contributed by atoms with Gasteiger partial charge in [-0.15, -0.1) is 0 Å². The molecule has 4 aromatic rings. The third kappa shape index (κ3) is 13.5. The van der Waals surface area contributed by atoms with E-state index in [-0.39, 0.29) is 49.8 Å². The van der Waals surface area contributed by atoms with Crippen LogP contribution in [0.25, 0.3) is 0 Å². The molecule has 6 saturated heterocycles. The first-order valence-corrected chi connectivity index (χ1v) is 41.3. The predicted molar refractivity (Wildman–Crippen MR) is 409 cm³/mol. The Kier molecular flexibility index (Phi) is 19.2. The molecule has 6 heterocycles. The number of allylic oxidation sites excluding steroid dienone is 4. The minimum absolute atomic E-state index is 0. The topological polar surface area (TPSA) is 101 Å². The Morgan fingerprint density at radius 1 is 0.465 bits per heavy atom. The molecule has 6 aliphatic heterocycles. The largest absolute Gasteiger partial charge is 0.447 e. The van der Waals surface area contributed by atoms with E-state index in [1.807, 2.05) is 13.8 Å². The molecule has 10 aliphatic carbocycles. The summed E-state index contributed by atoms with van der Waals surface area (Å²) in [5.74, 6) is 7.61. The van der Waals surface area contributed by atoms with Gasteiger partial charge in [0.2, 0.25) is 11.8 Å². The Balaban J connectivity index is 0.000000110. The molecule has 8 bridgehead atoms. The van der Waals surface area contributed by atoms with Gasteiger partial charge in [0.05, 0.1) is 18.2 Å². The highest BCUT2D eigenvalue weighted by molar-refractivity contribution is 5.74. The van der Waals surface area contributed by atoms with Crippen LogP contribution in [0.4, 0.5) is 4.79 Å². The average Bonchev–Trinajstić information content (AvgIpc) is 1.63. The number of rotatable bonds is 9. The van der Waals surface area contributed by atoms with Crippen LogP contribution in [0, 0.1) is 47.3 Å². The fraction of sp³-hybridized carbons (Fsp3) is 0.656. The van der Waals surface area contributed by atoms with Gasteiger partial charge < -0.3 is 39.9 Å². The third-order valence-electron chi connectivity index (χ3n) is 30.6. The number of amides is 3. The molecular formula is C90H125N7O4. The van der Waals surface area contributed by atoms with Gasteiger partial charge in [0.25, 0.3) is 0 Å². The van der Waals surface area contributed by atoms with E-state index in [0.29, 0.717) is 29.0 Å². The summed E-state index contributed by atoms with van der Waals surface area (Å²) in [5, 5.41) is 6.40. The van der Waals surface area contributed by atoms with Crippen molar-refractivity contribution in [1.82, 2.24) is 35.1 Å². The number of ether oxygens (including phenoxy) is 1. The molecule has 16 aliphatic rings. The summed E-state index contributed by atoms with van der Waals surface area (Å²) >= 11 is 0. The maximum absolute atomic E-state index is 12.5. The first-order valence-electron chi connectivity index (χ1n) is 41.3. The van der Waals surface area contributed by atoms with Gasteiger partial charge in [-0.1, -0.05) is 128 Å². The summed E-state index contributed by atoms with van der Waals surface area (Å²) in [4.78, 5) is 49.0. The SMILES string of the molecule is C1=C[C@H]2C[C@H]1C[C@H]2CN1CCC2(CCc3ccccc32)CC1.CC(=O)NC1CC2(CCN(C3CC4CCC3C4)CC2)c2ccccc21.CC(=O)NC1CC2(CCN(CC3CC4C=CC3C4)CC2)c2ccccc21.CC(C)OC(=O)N1C2CCC1CC(N1CCC3(CCc4ccccc43)CC1)C2.[HH].[HH]. The molecule has 544 valence electrons. The molecule has 0 radical (unpaired) electrons. The molecule has 13 atom stereocenters. The molecule has 101 heavy (non-hydrogen) atoms. The monoisotopic (exact) mass is 1370 g/mol. The molecule has 20 rings (SSSR count). The second-order valence-electron chi connectivity index (χ2n) is 36.4. The number of nitrogens with zero attached hydrogens (tertiary/aromatic N) is 5. The second-order valence-corrected chi connectivity index (χ2v) is 36.4. The van der Waals surface area contributed by atoms with Crippen LogP contribution in [-0.4, -0.2) is 138 Å². The zero-order valence-corrected chi connectivity index (χ0v) is 62.0. The second kappa shape index (κ2) is 28.4. The van der Waals surface area contributed by atoms with E-state index in [9.17, 15) is 14.4 Å². The number of hydrogen-bond acceptors (Lipinski definition) is 8. The lowest BCUT2D eigenvalue weighted by atomic mass is 9.73. The zero-order valence-electron chi connectivity index (χ0n) is 62.0. The van der Waals surface area contributed by atoms with E-state index in [0.717, 1.165) is 91.9 Å². The van der Waals surface area contributed by atoms with Gasteiger partial charge in [-0.3, -0.25) is 9.59 Å². The molecule has 4 aromatic carbocycles. The van der Waals surface area contributed by atoms with Crippen molar-refractivity contribution in [2.45, 2.75) is 259 Å². The summed E-state index contributed by atoms with van der Waals surface area (Å²) in [7, 11) is 0. The molecule has 11 nitrogen and oxygen atoms in total. The molecule has 4 saturated carbocycles. The smallest absolute Gasteiger partial charge is 0.410 e. The predicted octanol–water partition coefficient (Wildman–Crippen LogP) is 16.8. The Hall–Kier alpha value is -5.59. The van der Waals surface area contributed by atoms with Gasteiger partial charge in [-0.2, -0.15) is 0 Å². The van der Waals surface area contributed by atoms with Crippen LogP contribution in [0.3, 0.4) is 0 Å². The Labute approximate surface area is 609 Å². The Bertz CT molecular complexity index is 3690. The Morgan fingerprint density at radius 3 is 1.35 bits per heavy atom. The fourth-order valence-electron chi connectivity index (χ4n) is 25.5. The molecule has 10 fully saturated rings. The lowest BCUT2D eigenvalue weighted by molar-refractivity contribution is -0.120. The number of piperidine rings is 5. The minimum atomic E-state index is -0.0823. The van der Waals surface area contributed by atoms with Gasteiger partial charge in [0.1, 0.15) is 0 Å². The van der Waals surface area contributed by atoms with Crippen molar-refractivity contribution >= 4 is 17.9 Å². The van der Waals surface area contributed by atoms with E-state index in [2.05, 4.69) is 156 Å². The van der Waals surface area contributed by atoms with Crippen LogP contribution in [0.15, 0.2) is 121 Å². The number of carbonyl (C=O) groups is 3. The first-order chi connectivity index (χ1) is 49.2. The van der Waals surface area contributed by atoms with Crippen molar-refractivity contribution in [3.8, 4) is 0 Å². The van der Waals surface area contributed by atoms with Crippen LogP contribution in [0.5, 0.6) is 0 Å². The van der Waals surface area contributed by atoms with Crippen LogP contribution in [0.1, 0.15) is 241 Å². The van der Waals surface area contributed by atoms with Crippen molar-refractivity contribution < 1.29 is 22.0 Å². The Morgan fingerprint density at radius 2 is 0.911 bits per heavy atom. The van der Waals surface area contributed by atoms with Crippen molar-refractivity contribution in [3.05, 3.63) is 166 Å². The molecule has 11 heteroatoms. The van der Waals surface area contributed by atoms with Crippen molar-refractivity contribution in [3.63, 3.8) is 0 Å². The van der Waals surface area contributed by atoms with E-state index >= 15 is 0 Å². The maximum atomic E-state index is 12.5. The van der Waals surface area contributed by atoms with Crippen molar-refractivity contribution in [2.75, 3.05) is 65.4 Å². The van der Waals surface area contributed by atoms with Crippen LogP contribution in [-0.2, 0) is 48.8 Å². The van der Waals surface area contributed by atoms with Gasteiger partial charge in [0.15, 0.2) is 0 Å². The number of nitrogens with one attached hydrogen (secondary N) is 2. The summed E-state index contributed by atoms with van der Waals surface area (Å²) in [6, 6.07) is 38.8. The molecule has 4 spiro atoms. The van der Waals surface area contributed by atoms with Crippen LogP contribution >= 0.6 is 0 Å². The minimum Gasteiger partial charge on any atom is -0.447 e. The number of aryl methyl sites for hydroxylation is 2. The van der Waals surface area contributed by atoms with Crippen molar-refractivity contribution in [2.24, 2.45) is 47.3 Å². The fourth-order valence-corrected chi connectivity index (χ4v) is 25.5. The number of benzene rings is 4. The lowest BCUT2D eigenvalue weighted by Gasteiger charge is -2.47. The summed E-state index contributed by atoms with van der Waals surface area (Å²) < 4.78 is 5.52. The van der Waals surface area contributed by atoms with Gasteiger partial charge in [-0.05, 0) is 329 Å². The van der Waals surface area contributed by atoms with Gasteiger partial charge in [-0.25, -0.2) is 4.79 Å². The highest BCUT2D eigenvalue weighted by Gasteiger charge is 2.53. The zero-order chi connectivity index (χ0) is 68.6. The van der Waals surface area contributed by atoms with E-state index in [4.69, 9.17) is 4.74 Å². The molecule has 2 N–H and O–H groups in total. The number of likely N-dealkylation sites (tertiary alicyclic amines) is 4. The highest BCUT2D eigenvalue weighted by atomic mass is 16.6.